The summed E-state index contributed by atoms with van der Waals surface area (Å²) in [6.45, 7) is 1.97. The molecule has 2 aromatic heterocycles. The Kier molecular flexibility index (Phi) is 3.50. The van der Waals surface area contributed by atoms with E-state index in [4.69, 9.17) is 9.15 Å². The molecule has 120 valence electrons. The number of hydrogen-bond acceptors (Lipinski definition) is 4. The fourth-order valence-corrected chi connectivity index (χ4v) is 3.52. The molecule has 0 radical (unpaired) electrons. The van der Waals surface area contributed by atoms with Crippen LogP contribution in [0.1, 0.15) is 14.5 Å². The molecule has 0 bridgehead atoms. The number of methoxy groups -OCH3 is 1. The summed E-state index contributed by atoms with van der Waals surface area (Å²) in [5.41, 5.74) is 2.13. The van der Waals surface area contributed by atoms with Crippen molar-refractivity contribution in [2.75, 3.05) is 12.4 Å². The number of aryl methyl sites for hydroxylation is 1. The molecular weight excluding hydrogens is 322 g/mol. The third-order valence-corrected chi connectivity index (χ3v) is 4.91. The van der Waals surface area contributed by atoms with E-state index in [1.54, 1.807) is 7.11 Å². The first-order valence-corrected chi connectivity index (χ1v) is 8.34. The molecule has 1 amide bonds. The average molecular weight is 337 g/mol. The first kappa shape index (κ1) is 14.8. The number of anilines is 1. The number of hydrogen-bond donors (Lipinski definition) is 1. The lowest BCUT2D eigenvalue weighted by Crippen LogP contribution is -2.11. The van der Waals surface area contributed by atoms with Gasteiger partial charge < -0.3 is 14.5 Å². The lowest BCUT2D eigenvalue weighted by Gasteiger charge is -2.09. The van der Waals surface area contributed by atoms with Crippen LogP contribution >= 0.6 is 11.3 Å². The second-order valence-electron chi connectivity index (χ2n) is 5.51. The van der Waals surface area contributed by atoms with Gasteiger partial charge >= 0.3 is 0 Å². The van der Waals surface area contributed by atoms with Crippen LogP contribution in [0, 0.1) is 6.92 Å². The molecule has 0 aliphatic carbocycles. The molecule has 0 saturated heterocycles. The van der Waals surface area contributed by atoms with Crippen molar-refractivity contribution in [3.63, 3.8) is 0 Å². The summed E-state index contributed by atoms with van der Waals surface area (Å²) in [5, 5.41) is 4.90. The van der Waals surface area contributed by atoms with Gasteiger partial charge in [0.2, 0.25) is 0 Å². The fourth-order valence-electron chi connectivity index (χ4n) is 2.76. The minimum Gasteiger partial charge on any atom is -0.495 e. The summed E-state index contributed by atoms with van der Waals surface area (Å²) in [5.74, 6) is 0.456. The summed E-state index contributed by atoms with van der Waals surface area (Å²) < 4.78 is 11.3. The van der Waals surface area contributed by atoms with Gasteiger partial charge in [-0.1, -0.05) is 18.2 Å². The molecule has 5 heteroatoms. The van der Waals surface area contributed by atoms with E-state index in [0.29, 0.717) is 16.3 Å². The molecular formula is C19H15NO3S. The lowest BCUT2D eigenvalue weighted by molar-refractivity contribution is 0.103. The fraction of sp³-hybridized carbons (Fsp3) is 0.105. The largest absolute Gasteiger partial charge is 0.495 e. The highest BCUT2D eigenvalue weighted by molar-refractivity contribution is 7.14. The first-order chi connectivity index (χ1) is 11.7. The van der Waals surface area contributed by atoms with Crippen LogP contribution in [0.4, 0.5) is 5.69 Å². The average Bonchev–Trinajstić information content (AvgIpc) is 3.17. The molecule has 4 rings (SSSR count). The molecule has 24 heavy (non-hydrogen) atoms. The molecule has 2 aromatic carbocycles. The van der Waals surface area contributed by atoms with E-state index in [0.717, 1.165) is 26.8 Å². The van der Waals surface area contributed by atoms with Crippen LogP contribution in [-0.2, 0) is 0 Å². The number of nitrogens with one attached hydrogen (secondary N) is 1. The standard InChI is InChI=1S/C19H15NO3S/c1-11-7-8-18(24-11)19(21)20-14-10-16-13(9-17(14)22-2)12-5-3-4-6-15(12)23-16/h3-10H,1-2H3,(H,20,21). The summed E-state index contributed by atoms with van der Waals surface area (Å²) in [6.07, 6.45) is 0. The molecule has 0 saturated carbocycles. The lowest BCUT2D eigenvalue weighted by atomic mass is 10.1. The van der Waals surface area contributed by atoms with Gasteiger partial charge in [-0.2, -0.15) is 0 Å². The van der Waals surface area contributed by atoms with Crippen LogP contribution in [0.3, 0.4) is 0 Å². The number of amides is 1. The Balaban J connectivity index is 1.79. The zero-order valence-corrected chi connectivity index (χ0v) is 14.1. The molecule has 0 atom stereocenters. The zero-order chi connectivity index (χ0) is 16.7. The minimum absolute atomic E-state index is 0.151. The minimum atomic E-state index is -0.151. The van der Waals surface area contributed by atoms with Crippen LogP contribution in [0.15, 0.2) is 52.9 Å². The van der Waals surface area contributed by atoms with Crippen LogP contribution in [0.5, 0.6) is 5.75 Å². The van der Waals surface area contributed by atoms with E-state index >= 15 is 0 Å². The molecule has 2 heterocycles. The number of fused-ring (bicyclic) bond motifs is 3. The van der Waals surface area contributed by atoms with E-state index in [1.807, 2.05) is 55.5 Å². The molecule has 0 unspecified atom stereocenters. The van der Waals surface area contributed by atoms with Gasteiger partial charge in [-0.3, -0.25) is 4.79 Å². The van der Waals surface area contributed by atoms with Crippen LogP contribution in [-0.4, -0.2) is 13.0 Å². The highest BCUT2D eigenvalue weighted by atomic mass is 32.1. The Morgan fingerprint density at radius 3 is 2.67 bits per heavy atom. The van der Waals surface area contributed by atoms with E-state index in [2.05, 4.69) is 5.32 Å². The quantitative estimate of drug-likeness (QED) is 0.558. The van der Waals surface area contributed by atoms with E-state index < -0.39 is 0 Å². The third-order valence-electron chi connectivity index (χ3n) is 3.91. The van der Waals surface area contributed by atoms with Crippen molar-refractivity contribution in [3.05, 3.63) is 58.3 Å². The second kappa shape index (κ2) is 5.69. The van der Waals surface area contributed by atoms with Gasteiger partial charge in [0.05, 0.1) is 17.7 Å². The molecule has 0 spiro atoms. The Hall–Kier alpha value is -2.79. The Bertz CT molecular complexity index is 1060. The Morgan fingerprint density at radius 2 is 1.92 bits per heavy atom. The number of carbonyl (C=O) groups excluding carboxylic acids is 1. The molecule has 0 aliphatic rings. The highest BCUT2D eigenvalue weighted by Crippen LogP contribution is 2.36. The first-order valence-electron chi connectivity index (χ1n) is 7.53. The predicted octanol–water partition coefficient (Wildman–Crippen LogP) is 5.22. The maximum Gasteiger partial charge on any atom is 0.265 e. The number of carbonyl (C=O) groups is 1. The van der Waals surface area contributed by atoms with Crippen molar-refractivity contribution in [1.29, 1.82) is 0 Å². The number of ether oxygens (including phenoxy) is 1. The van der Waals surface area contributed by atoms with Crippen molar-refractivity contribution < 1.29 is 13.9 Å². The maximum atomic E-state index is 12.4. The van der Waals surface area contributed by atoms with Gasteiger partial charge in [-0.25, -0.2) is 0 Å². The third kappa shape index (κ3) is 2.43. The number of furan rings is 1. The van der Waals surface area contributed by atoms with Crippen LogP contribution in [0.25, 0.3) is 21.9 Å². The highest BCUT2D eigenvalue weighted by Gasteiger charge is 2.15. The molecule has 0 fully saturated rings. The summed E-state index contributed by atoms with van der Waals surface area (Å²) in [4.78, 5) is 14.2. The maximum absolute atomic E-state index is 12.4. The summed E-state index contributed by atoms with van der Waals surface area (Å²) in [6, 6.07) is 15.3. The smallest absolute Gasteiger partial charge is 0.265 e. The van der Waals surface area contributed by atoms with Crippen molar-refractivity contribution in [2.45, 2.75) is 6.92 Å². The summed E-state index contributed by atoms with van der Waals surface area (Å²) in [7, 11) is 1.59. The van der Waals surface area contributed by atoms with E-state index in [9.17, 15) is 4.79 Å². The van der Waals surface area contributed by atoms with Crippen molar-refractivity contribution in [1.82, 2.24) is 0 Å². The SMILES string of the molecule is COc1cc2c(cc1NC(=O)c1ccc(C)s1)oc1ccccc12. The number of benzene rings is 2. The number of para-hydroxylation sites is 1. The van der Waals surface area contributed by atoms with Gasteiger partial charge in [0.1, 0.15) is 16.9 Å². The monoisotopic (exact) mass is 337 g/mol. The molecule has 0 aliphatic heterocycles. The second-order valence-corrected chi connectivity index (χ2v) is 6.80. The van der Waals surface area contributed by atoms with Gasteiger partial charge in [0, 0.05) is 21.7 Å². The molecule has 4 nitrogen and oxygen atoms in total. The Morgan fingerprint density at radius 1 is 1.08 bits per heavy atom. The van der Waals surface area contributed by atoms with E-state index in [1.165, 1.54) is 11.3 Å². The van der Waals surface area contributed by atoms with Crippen molar-refractivity contribution >= 4 is 44.9 Å². The Labute approximate surface area is 142 Å². The topological polar surface area (TPSA) is 51.5 Å². The molecule has 4 aromatic rings. The van der Waals surface area contributed by atoms with Crippen LogP contribution in [0.2, 0.25) is 0 Å². The predicted molar refractivity (Wildman–Crippen MR) is 97.3 cm³/mol. The van der Waals surface area contributed by atoms with Gasteiger partial charge in [0.15, 0.2) is 0 Å². The summed E-state index contributed by atoms with van der Waals surface area (Å²) >= 11 is 1.46. The zero-order valence-electron chi connectivity index (χ0n) is 13.3. The van der Waals surface area contributed by atoms with Crippen molar-refractivity contribution in [3.8, 4) is 5.75 Å². The molecule has 1 N–H and O–H groups in total. The van der Waals surface area contributed by atoms with E-state index in [-0.39, 0.29) is 5.91 Å². The van der Waals surface area contributed by atoms with Crippen LogP contribution < -0.4 is 10.1 Å². The van der Waals surface area contributed by atoms with Gasteiger partial charge in [-0.05, 0) is 31.2 Å². The van der Waals surface area contributed by atoms with Gasteiger partial charge in [0.25, 0.3) is 5.91 Å². The number of thiophene rings is 1. The van der Waals surface area contributed by atoms with Crippen molar-refractivity contribution in [2.24, 2.45) is 0 Å². The number of rotatable bonds is 3. The normalized spacial score (nSPS) is 11.1. The van der Waals surface area contributed by atoms with Gasteiger partial charge in [-0.15, -0.1) is 11.3 Å².